The van der Waals surface area contributed by atoms with E-state index in [1.54, 1.807) is 0 Å². The van der Waals surface area contributed by atoms with Gasteiger partial charge in [-0.05, 0) is 110 Å². The van der Waals surface area contributed by atoms with Crippen LogP contribution < -0.4 is 4.90 Å². The van der Waals surface area contributed by atoms with E-state index in [1.807, 2.05) is 6.08 Å². The fourth-order valence-corrected chi connectivity index (χ4v) is 9.27. The summed E-state index contributed by atoms with van der Waals surface area (Å²) in [6.45, 7) is 5.14. The molecular formula is C36H43NO5. The van der Waals surface area contributed by atoms with E-state index in [4.69, 9.17) is 4.74 Å². The summed E-state index contributed by atoms with van der Waals surface area (Å²) in [6, 6.07) is 9.09. The van der Waals surface area contributed by atoms with Crippen LogP contribution in [0.4, 0.5) is 5.69 Å². The highest BCUT2D eigenvalue weighted by Crippen LogP contribution is 2.69. The molecule has 5 aliphatic rings. The van der Waals surface area contributed by atoms with E-state index in [-0.39, 0.29) is 36.6 Å². The van der Waals surface area contributed by atoms with Gasteiger partial charge in [-0.3, -0.25) is 14.4 Å². The molecule has 0 spiro atoms. The second-order valence-electron chi connectivity index (χ2n) is 13.2. The molecule has 0 radical (unpaired) electrons. The van der Waals surface area contributed by atoms with Crippen molar-refractivity contribution < 1.29 is 24.2 Å². The van der Waals surface area contributed by atoms with Crippen molar-refractivity contribution in [2.24, 2.45) is 22.7 Å². The van der Waals surface area contributed by atoms with Crippen LogP contribution in [-0.4, -0.2) is 48.9 Å². The molecule has 5 atom stereocenters. The third-order valence-electron chi connectivity index (χ3n) is 11.2. The first-order valence-corrected chi connectivity index (χ1v) is 15.9. The normalized spacial score (nSPS) is 32.2. The molecule has 42 heavy (non-hydrogen) atoms. The Balaban J connectivity index is 1.45. The molecule has 0 amide bonds. The Bertz CT molecular complexity index is 1390. The number of piperidine rings is 1. The highest BCUT2D eigenvalue weighted by atomic mass is 16.5. The average molecular weight is 570 g/mol. The first-order valence-electron chi connectivity index (χ1n) is 15.9. The number of nitrogens with zero attached hydrogens (tertiary/aromatic N) is 1. The van der Waals surface area contributed by atoms with Crippen LogP contribution in [0.5, 0.6) is 0 Å². The fraction of sp³-hybridized carbons (Fsp3) is 0.583. The summed E-state index contributed by atoms with van der Waals surface area (Å²) in [6.07, 6.45) is 11.1. The topological polar surface area (TPSA) is 83.9 Å². The number of hydrogen-bond acceptors (Lipinski definition) is 6. The first-order chi connectivity index (χ1) is 20.3. The number of allylic oxidation sites excluding steroid dienone is 4. The molecule has 2 saturated carbocycles. The van der Waals surface area contributed by atoms with Crippen molar-refractivity contribution in [2.75, 3.05) is 31.2 Å². The number of ketones is 2. The lowest BCUT2D eigenvalue weighted by molar-refractivity contribution is -0.150. The van der Waals surface area contributed by atoms with Crippen LogP contribution in [0.3, 0.4) is 0 Å². The number of hydrogen-bond donors (Lipinski definition) is 1. The molecule has 1 aromatic carbocycles. The second kappa shape index (κ2) is 11.5. The Labute approximate surface area is 249 Å². The standard InChI is InChI=1S/C36H43NO5/c1-24(39)42-23-33(41)36(16-6-20-38)17-15-32-30-13-9-26-21-28(40)12-14-29(26)34(30)31(22-35(32,36)2)25-7-10-27(11-8-25)37-18-4-3-5-19-37/h7-8,10-11,21,30-32,38H,3-5,9,12-15,17-20,22-23H2,1-2H3/t30-,31?,32-,35-,36+/m0/s1. The minimum atomic E-state index is -0.989. The first kappa shape index (κ1) is 28.9. The molecule has 6 rings (SSSR count). The summed E-state index contributed by atoms with van der Waals surface area (Å²) in [5, 5.41) is 9.71. The van der Waals surface area contributed by atoms with Crippen molar-refractivity contribution in [3.63, 3.8) is 0 Å². The summed E-state index contributed by atoms with van der Waals surface area (Å²) >= 11 is 0. The predicted octanol–water partition coefficient (Wildman–Crippen LogP) is 5.69. The summed E-state index contributed by atoms with van der Waals surface area (Å²) < 4.78 is 5.24. The average Bonchev–Trinajstić information content (AvgIpc) is 3.31. The molecule has 1 aliphatic heterocycles. The number of rotatable bonds is 5. The van der Waals surface area contributed by atoms with Gasteiger partial charge in [0.25, 0.3) is 0 Å². The lowest BCUT2D eigenvalue weighted by atomic mass is 9.48. The fourth-order valence-electron chi connectivity index (χ4n) is 9.27. The van der Waals surface area contributed by atoms with Gasteiger partial charge in [-0.1, -0.05) is 36.5 Å². The maximum atomic E-state index is 14.0. The number of anilines is 1. The number of fused-ring (bicyclic) bond motifs is 4. The number of ether oxygens (including phenoxy) is 1. The van der Waals surface area contributed by atoms with Crippen LogP contribution in [0.25, 0.3) is 0 Å². The van der Waals surface area contributed by atoms with Crippen LogP contribution in [0.1, 0.15) is 89.5 Å². The van der Waals surface area contributed by atoms with Gasteiger partial charge in [0.2, 0.25) is 0 Å². The van der Waals surface area contributed by atoms with Crippen LogP contribution in [-0.2, 0) is 19.1 Å². The maximum Gasteiger partial charge on any atom is 0.303 e. The van der Waals surface area contributed by atoms with Gasteiger partial charge in [0.1, 0.15) is 6.61 Å². The zero-order valence-electron chi connectivity index (χ0n) is 25.0. The minimum absolute atomic E-state index is 0.105. The zero-order valence-corrected chi connectivity index (χ0v) is 25.0. The molecule has 0 bridgehead atoms. The summed E-state index contributed by atoms with van der Waals surface area (Å²) in [4.78, 5) is 40.6. The smallest absolute Gasteiger partial charge is 0.303 e. The van der Waals surface area contributed by atoms with E-state index >= 15 is 0 Å². The van der Waals surface area contributed by atoms with Crippen LogP contribution in [0.2, 0.25) is 0 Å². The number of benzene rings is 1. The third kappa shape index (κ3) is 4.84. The molecule has 1 aromatic rings. The van der Waals surface area contributed by atoms with E-state index in [2.05, 4.69) is 47.9 Å². The predicted molar refractivity (Wildman–Crippen MR) is 162 cm³/mol. The molecule has 222 valence electrons. The van der Waals surface area contributed by atoms with Crippen molar-refractivity contribution in [3.8, 4) is 11.8 Å². The van der Waals surface area contributed by atoms with Crippen molar-refractivity contribution in [1.82, 2.24) is 0 Å². The van der Waals surface area contributed by atoms with E-state index < -0.39 is 16.8 Å². The number of esters is 1. The van der Waals surface area contributed by atoms with Crippen molar-refractivity contribution >= 4 is 23.2 Å². The maximum absolute atomic E-state index is 14.0. The van der Waals surface area contributed by atoms with E-state index in [1.165, 1.54) is 54.2 Å². The van der Waals surface area contributed by atoms with Gasteiger partial charge < -0.3 is 14.7 Å². The van der Waals surface area contributed by atoms with Crippen molar-refractivity contribution in [2.45, 2.75) is 84.0 Å². The molecule has 1 N–H and O–H groups in total. The number of aliphatic hydroxyl groups is 1. The van der Waals surface area contributed by atoms with Crippen molar-refractivity contribution in [3.05, 3.63) is 52.6 Å². The summed E-state index contributed by atoms with van der Waals surface area (Å²) in [5.74, 6) is 6.38. The second-order valence-corrected chi connectivity index (χ2v) is 13.2. The van der Waals surface area contributed by atoms with Gasteiger partial charge in [-0.2, -0.15) is 0 Å². The Kier molecular flexibility index (Phi) is 7.91. The van der Waals surface area contributed by atoms with Gasteiger partial charge in [0.05, 0.1) is 5.41 Å². The van der Waals surface area contributed by atoms with Gasteiger partial charge in [0.15, 0.2) is 18.2 Å². The van der Waals surface area contributed by atoms with Gasteiger partial charge in [-0.15, -0.1) is 0 Å². The molecule has 1 saturated heterocycles. The van der Waals surface area contributed by atoms with E-state index in [0.29, 0.717) is 18.8 Å². The van der Waals surface area contributed by atoms with Gasteiger partial charge in [-0.25, -0.2) is 0 Å². The molecule has 6 heteroatoms. The van der Waals surface area contributed by atoms with Crippen LogP contribution in [0.15, 0.2) is 47.1 Å². The molecule has 4 aliphatic carbocycles. The largest absolute Gasteiger partial charge is 0.458 e. The number of carbonyl (C=O) groups is 3. The summed E-state index contributed by atoms with van der Waals surface area (Å²) in [7, 11) is 0. The Hall–Kier alpha value is -3.17. The highest BCUT2D eigenvalue weighted by Gasteiger charge is 2.65. The van der Waals surface area contributed by atoms with E-state index in [9.17, 15) is 19.5 Å². The molecular weight excluding hydrogens is 526 g/mol. The molecule has 6 nitrogen and oxygen atoms in total. The molecule has 1 heterocycles. The SMILES string of the molecule is CC(=O)OCC(=O)[C@@]1(C#CCO)CC[C@H]2[C@@H]3CCC4=CC(=O)CCC4=C3C(c3ccc(N4CCCCC4)cc3)C[C@@]21C. The third-order valence-corrected chi connectivity index (χ3v) is 11.2. The quantitative estimate of drug-likeness (QED) is 0.362. The minimum Gasteiger partial charge on any atom is -0.458 e. The Morgan fingerprint density at radius 2 is 1.83 bits per heavy atom. The lowest BCUT2D eigenvalue weighted by Gasteiger charge is -2.54. The van der Waals surface area contributed by atoms with Gasteiger partial charge in [0, 0.05) is 38.0 Å². The molecule has 3 fully saturated rings. The summed E-state index contributed by atoms with van der Waals surface area (Å²) in [5.41, 5.74) is 5.14. The Morgan fingerprint density at radius 3 is 2.55 bits per heavy atom. The number of aliphatic hydroxyl groups excluding tert-OH is 1. The van der Waals surface area contributed by atoms with Crippen LogP contribution in [0, 0.1) is 34.5 Å². The number of carbonyl (C=O) groups excluding carboxylic acids is 3. The Morgan fingerprint density at radius 1 is 1.07 bits per heavy atom. The monoisotopic (exact) mass is 569 g/mol. The zero-order chi connectivity index (χ0) is 29.5. The highest BCUT2D eigenvalue weighted by molar-refractivity contribution is 5.93. The van der Waals surface area contributed by atoms with Crippen molar-refractivity contribution in [1.29, 1.82) is 0 Å². The molecule has 1 unspecified atom stereocenters. The molecule has 0 aromatic heterocycles. The van der Waals surface area contributed by atoms with Crippen LogP contribution >= 0.6 is 0 Å². The lowest BCUT2D eigenvalue weighted by Crippen LogP contribution is -2.51. The van der Waals surface area contributed by atoms with E-state index in [0.717, 1.165) is 45.2 Å². The number of Topliss-reactive ketones (excluding diaryl/α,β-unsaturated/α-hetero) is 1. The van der Waals surface area contributed by atoms with Gasteiger partial charge >= 0.3 is 5.97 Å².